The van der Waals surface area contributed by atoms with E-state index in [1.54, 1.807) is 0 Å². The third kappa shape index (κ3) is 3.99. The number of benzene rings is 1. The fraction of sp³-hybridized carbons (Fsp3) is 0.389. The van der Waals surface area contributed by atoms with E-state index in [0.29, 0.717) is 6.61 Å². The van der Waals surface area contributed by atoms with Crippen LogP contribution in [0.5, 0.6) is 0 Å². The van der Waals surface area contributed by atoms with Crippen molar-refractivity contribution < 1.29 is 9.53 Å². The van der Waals surface area contributed by atoms with Gasteiger partial charge in [0.05, 0.1) is 6.61 Å². The molecule has 0 saturated carbocycles. The van der Waals surface area contributed by atoms with Crippen molar-refractivity contribution in [2.45, 2.75) is 39.0 Å². The van der Waals surface area contributed by atoms with Gasteiger partial charge in [-0.15, -0.1) is 0 Å². The van der Waals surface area contributed by atoms with Gasteiger partial charge in [0, 0.05) is 17.6 Å². The summed E-state index contributed by atoms with van der Waals surface area (Å²) in [6, 6.07) is 10.3. The largest absolute Gasteiger partial charge is 0.463 e. The van der Waals surface area contributed by atoms with Gasteiger partial charge in [0.1, 0.15) is 0 Å². The fourth-order valence-corrected chi connectivity index (χ4v) is 2.35. The normalized spacial score (nSPS) is 13.8. The van der Waals surface area contributed by atoms with Gasteiger partial charge in [-0.25, -0.2) is 4.79 Å². The molecular weight excluding hydrogens is 248 g/mol. The standard InChI is InChI=1S/C18H20O2/c1-2-20-18(19)17-14-8-13-16(17)12-7-6-11-15-9-4-3-5-10-15/h3-5,9-10H,2,6,8,11,13-14H2,1H3. The predicted octanol–water partition coefficient (Wildman–Crippen LogP) is 3.67. The van der Waals surface area contributed by atoms with Crippen LogP contribution in [-0.4, -0.2) is 12.6 Å². The minimum absolute atomic E-state index is 0.183. The molecule has 0 aromatic heterocycles. The molecule has 0 unspecified atom stereocenters. The van der Waals surface area contributed by atoms with Crippen molar-refractivity contribution in [3.8, 4) is 11.8 Å². The smallest absolute Gasteiger partial charge is 0.334 e. The quantitative estimate of drug-likeness (QED) is 0.615. The lowest BCUT2D eigenvalue weighted by molar-refractivity contribution is -0.138. The van der Waals surface area contributed by atoms with Crippen molar-refractivity contribution in [2.75, 3.05) is 6.61 Å². The Morgan fingerprint density at radius 1 is 1.25 bits per heavy atom. The maximum Gasteiger partial charge on any atom is 0.334 e. The van der Waals surface area contributed by atoms with E-state index in [9.17, 15) is 4.79 Å². The second-order valence-electron chi connectivity index (χ2n) is 4.82. The van der Waals surface area contributed by atoms with Gasteiger partial charge in [-0.3, -0.25) is 0 Å². The van der Waals surface area contributed by atoms with E-state index < -0.39 is 0 Å². The van der Waals surface area contributed by atoms with Gasteiger partial charge in [0.25, 0.3) is 0 Å². The molecule has 0 radical (unpaired) electrons. The Bertz CT molecular complexity index is 544. The van der Waals surface area contributed by atoms with Crippen molar-refractivity contribution in [2.24, 2.45) is 0 Å². The number of allylic oxidation sites excluding steroid dienone is 1. The highest BCUT2D eigenvalue weighted by atomic mass is 16.5. The Labute approximate surface area is 120 Å². The van der Waals surface area contributed by atoms with Gasteiger partial charge in [-0.2, -0.15) is 0 Å². The molecule has 20 heavy (non-hydrogen) atoms. The number of rotatable bonds is 4. The molecule has 0 saturated heterocycles. The monoisotopic (exact) mass is 268 g/mol. The molecule has 1 aliphatic carbocycles. The lowest BCUT2D eigenvalue weighted by Crippen LogP contribution is -2.07. The average molecular weight is 268 g/mol. The van der Waals surface area contributed by atoms with Crippen LogP contribution in [-0.2, 0) is 16.0 Å². The zero-order valence-corrected chi connectivity index (χ0v) is 11.9. The molecule has 1 aromatic carbocycles. The van der Waals surface area contributed by atoms with E-state index in [0.717, 1.165) is 43.3 Å². The van der Waals surface area contributed by atoms with Gasteiger partial charge in [-0.05, 0) is 38.2 Å². The van der Waals surface area contributed by atoms with Crippen molar-refractivity contribution in [1.29, 1.82) is 0 Å². The number of hydrogen-bond donors (Lipinski definition) is 0. The van der Waals surface area contributed by atoms with Gasteiger partial charge >= 0.3 is 5.97 Å². The van der Waals surface area contributed by atoms with Crippen LogP contribution in [0.2, 0.25) is 0 Å². The molecule has 2 heteroatoms. The van der Waals surface area contributed by atoms with E-state index in [4.69, 9.17) is 4.74 Å². The molecule has 2 nitrogen and oxygen atoms in total. The molecule has 0 amide bonds. The maximum absolute atomic E-state index is 11.8. The average Bonchev–Trinajstić information content (AvgIpc) is 2.93. The van der Waals surface area contributed by atoms with Crippen LogP contribution >= 0.6 is 0 Å². The highest BCUT2D eigenvalue weighted by Crippen LogP contribution is 2.26. The van der Waals surface area contributed by atoms with Crippen LogP contribution in [0.15, 0.2) is 41.5 Å². The minimum atomic E-state index is -0.183. The second-order valence-corrected chi connectivity index (χ2v) is 4.82. The molecule has 0 atom stereocenters. The Hall–Kier alpha value is -2.01. The van der Waals surface area contributed by atoms with Gasteiger partial charge in [0.2, 0.25) is 0 Å². The molecule has 0 heterocycles. The first-order valence-corrected chi connectivity index (χ1v) is 7.23. The summed E-state index contributed by atoms with van der Waals surface area (Å²) >= 11 is 0. The topological polar surface area (TPSA) is 26.3 Å². The van der Waals surface area contributed by atoms with Gasteiger partial charge in [-0.1, -0.05) is 42.2 Å². The first-order chi connectivity index (χ1) is 9.81. The molecule has 0 fully saturated rings. The zero-order valence-electron chi connectivity index (χ0n) is 11.9. The molecule has 104 valence electrons. The first-order valence-electron chi connectivity index (χ1n) is 7.23. The molecule has 1 aromatic rings. The lowest BCUT2D eigenvalue weighted by Gasteiger charge is -2.02. The van der Waals surface area contributed by atoms with Crippen molar-refractivity contribution in [3.63, 3.8) is 0 Å². The minimum Gasteiger partial charge on any atom is -0.463 e. The zero-order chi connectivity index (χ0) is 14.2. The van der Waals surface area contributed by atoms with Crippen LogP contribution in [0.3, 0.4) is 0 Å². The Kier molecular flexibility index (Phi) is 5.43. The summed E-state index contributed by atoms with van der Waals surface area (Å²) in [5.41, 5.74) is 3.07. The van der Waals surface area contributed by atoms with E-state index in [-0.39, 0.29) is 5.97 Å². The number of carbonyl (C=O) groups is 1. The highest BCUT2D eigenvalue weighted by Gasteiger charge is 2.20. The van der Waals surface area contributed by atoms with Crippen LogP contribution in [0.25, 0.3) is 0 Å². The summed E-state index contributed by atoms with van der Waals surface area (Å²) in [4.78, 5) is 11.8. The number of aryl methyl sites for hydroxylation is 1. The first kappa shape index (κ1) is 14.4. The van der Waals surface area contributed by atoms with Gasteiger partial charge < -0.3 is 4.74 Å². The fourth-order valence-electron chi connectivity index (χ4n) is 2.35. The predicted molar refractivity (Wildman–Crippen MR) is 80.0 cm³/mol. The second kappa shape index (κ2) is 7.55. The molecule has 1 aliphatic rings. The molecular formula is C18H20O2. The third-order valence-electron chi connectivity index (χ3n) is 3.36. The summed E-state index contributed by atoms with van der Waals surface area (Å²) in [5, 5.41) is 0. The molecule has 0 aliphatic heterocycles. The number of ether oxygens (including phenoxy) is 1. The summed E-state index contributed by atoms with van der Waals surface area (Å²) in [6.45, 7) is 2.26. The molecule has 2 rings (SSSR count). The van der Waals surface area contributed by atoms with Crippen LogP contribution in [0.1, 0.15) is 38.2 Å². The van der Waals surface area contributed by atoms with E-state index in [1.807, 2.05) is 25.1 Å². The summed E-state index contributed by atoms with van der Waals surface area (Å²) in [7, 11) is 0. The van der Waals surface area contributed by atoms with Crippen LogP contribution in [0.4, 0.5) is 0 Å². The van der Waals surface area contributed by atoms with Gasteiger partial charge in [0.15, 0.2) is 0 Å². The van der Waals surface area contributed by atoms with Crippen LogP contribution < -0.4 is 0 Å². The molecule has 0 N–H and O–H groups in total. The molecule has 0 spiro atoms. The highest BCUT2D eigenvalue weighted by molar-refractivity contribution is 5.91. The summed E-state index contributed by atoms with van der Waals surface area (Å²) < 4.78 is 5.07. The Morgan fingerprint density at radius 3 is 2.80 bits per heavy atom. The number of hydrogen-bond acceptors (Lipinski definition) is 2. The van der Waals surface area contributed by atoms with Crippen LogP contribution in [0, 0.1) is 11.8 Å². The van der Waals surface area contributed by atoms with E-state index in [2.05, 4.69) is 24.0 Å². The Balaban J connectivity index is 1.93. The summed E-state index contributed by atoms with van der Waals surface area (Å²) in [6.07, 6.45) is 4.50. The molecule has 0 bridgehead atoms. The lowest BCUT2D eigenvalue weighted by atomic mass is 10.1. The number of esters is 1. The number of carbonyl (C=O) groups excluding carboxylic acids is 1. The SMILES string of the molecule is CCOC(=O)C1=C(C#CCCc2ccccc2)CCC1. The van der Waals surface area contributed by atoms with E-state index >= 15 is 0 Å². The van der Waals surface area contributed by atoms with Crippen molar-refractivity contribution in [3.05, 3.63) is 47.0 Å². The van der Waals surface area contributed by atoms with E-state index in [1.165, 1.54) is 5.56 Å². The third-order valence-corrected chi connectivity index (χ3v) is 3.36. The maximum atomic E-state index is 11.8. The summed E-state index contributed by atoms with van der Waals surface area (Å²) in [5.74, 6) is 6.17. The Morgan fingerprint density at radius 2 is 2.05 bits per heavy atom. The van der Waals surface area contributed by atoms with Crippen molar-refractivity contribution in [1.82, 2.24) is 0 Å². The van der Waals surface area contributed by atoms with Crippen molar-refractivity contribution >= 4 is 5.97 Å².